The number of unbranched alkanes of at least 4 members (excludes halogenated alkanes) is 13. The molecule has 140 valence electrons. The van der Waals surface area contributed by atoms with Crippen LogP contribution >= 0.6 is 0 Å². The average molecular weight is 326 g/mol. The van der Waals surface area contributed by atoms with E-state index in [1.54, 1.807) is 0 Å². The third-order valence-corrected chi connectivity index (χ3v) is 5.90. The van der Waals surface area contributed by atoms with Gasteiger partial charge < -0.3 is 5.73 Å². The summed E-state index contributed by atoms with van der Waals surface area (Å²) in [6.45, 7) is 11.2. The van der Waals surface area contributed by atoms with Crippen LogP contribution in [0.25, 0.3) is 0 Å². The first kappa shape index (κ1) is 23.0. The smallest absolute Gasteiger partial charge is 0.0148 e. The zero-order valence-corrected chi connectivity index (χ0v) is 17.2. The van der Waals surface area contributed by atoms with E-state index in [9.17, 15) is 0 Å². The maximum atomic E-state index is 6.27. The molecule has 0 spiro atoms. The van der Waals surface area contributed by atoms with E-state index in [0.717, 1.165) is 0 Å². The van der Waals surface area contributed by atoms with Gasteiger partial charge in [-0.25, -0.2) is 0 Å². The Hall–Kier alpha value is -0.0400. The van der Waals surface area contributed by atoms with Crippen molar-refractivity contribution in [1.82, 2.24) is 0 Å². The number of rotatable bonds is 16. The van der Waals surface area contributed by atoms with E-state index in [2.05, 4.69) is 34.6 Å². The molecule has 0 unspecified atom stereocenters. The van der Waals surface area contributed by atoms with E-state index in [1.165, 1.54) is 96.3 Å². The predicted octanol–water partition coefficient (Wildman–Crippen LogP) is 7.62. The molecular formula is C22H47N. The Kier molecular flexibility index (Phi) is 13.3. The molecule has 0 aromatic heterocycles. The maximum absolute atomic E-state index is 6.27. The highest BCUT2D eigenvalue weighted by Gasteiger charge is 2.32. The molecule has 0 aliphatic rings. The van der Waals surface area contributed by atoms with E-state index in [0.29, 0.717) is 0 Å². The molecule has 0 aromatic rings. The molecule has 0 aliphatic carbocycles. The summed E-state index contributed by atoms with van der Waals surface area (Å²) in [4.78, 5) is 0. The minimum Gasteiger partial charge on any atom is -0.325 e. The monoisotopic (exact) mass is 325 g/mol. The Morgan fingerprint density at radius 2 is 0.826 bits per heavy atom. The molecule has 0 heterocycles. The Balaban J connectivity index is 3.25. The highest BCUT2D eigenvalue weighted by atomic mass is 14.7. The highest BCUT2D eigenvalue weighted by Crippen LogP contribution is 2.33. The van der Waals surface area contributed by atoms with Crippen LogP contribution in [-0.2, 0) is 0 Å². The molecule has 0 amide bonds. The van der Waals surface area contributed by atoms with Gasteiger partial charge in [-0.05, 0) is 25.7 Å². The van der Waals surface area contributed by atoms with Crippen LogP contribution in [0.4, 0.5) is 0 Å². The molecule has 0 bridgehead atoms. The molecule has 0 saturated heterocycles. The first-order chi connectivity index (χ1) is 10.8. The second-order valence-electron chi connectivity index (χ2n) is 8.95. The fourth-order valence-corrected chi connectivity index (χ4v) is 3.08. The fraction of sp³-hybridized carbons (Fsp3) is 1.00. The van der Waals surface area contributed by atoms with Crippen molar-refractivity contribution >= 4 is 0 Å². The molecular weight excluding hydrogens is 278 g/mol. The van der Waals surface area contributed by atoms with Crippen LogP contribution in [0.15, 0.2) is 0 Å². The summed E-state index contributed by atoms with van der Waals surface area (Å²) in [5.41, 5.74) is 6.46. The minimum atomic E-state index is -0.0659. The Bertz CT molecular complexity index is 249. The second kappa shape index (κ2) is 13.3. The molecule has 23 heavy (non-hydrogen) atoms. The van der Waals surface area contributed by atoms with Gasteiger partial charge in [-0.2, -0.15) is 0 Å². The van der Waals surface area contributed by atoms with Gasteiger partial charge in [0.1, 0.15) is 0 Å². The van der Waals surface area contributed by atoms with Gasteiger partial charge in [-0.15, -0.1) is 0 Å². The maximum Gasteiger partial charge on any atom is 0.0148 e. The third-order valence-electron chi connectivity index (χ3n) is 5.90. The van der Waals surface area contributed by atoms with Gasteiger partial charge in [-0.1, -0.05) is 111 Å². The number of hydrogen-bond acceptors (Lipinski definition) is 1. The lowest BCUT2D eigenvalue weighted by Gasteiger charge is -2.38. The normalized spacial score (nSPS) is 12.8. The van der Waals surface area contributed by atoms with Gasteiger partial charge >= 0.3 is 0 Å². The van der Waals surface area contributed by atoms with Gasteiger partial charge in [0.25, 0.3) is 0 Å². The van der Waals surface area contributed by atoms with Crippen molar-refractivity contribution in [3.63, 3.8) is 0 Å². The molecule has 2 N–H and O–H groups in total. The molecule has 0 rings (SSSR count). The zero-order chi connectivity index (χ0) is 17.6. The van der Waals surface area contributed by atoms with E-state index in [-0.39, 0.29) is 11.0 Å². The molecule has 0 radical (unpaired) electrons. The van der Waals surface area contributed by atoms with Crippen molar-refractivity contribution in [3.05, 3.63) is 0 Å². The molecule has 1 heteroatoms. The molecule has 0 saturated carbocycles. The summed E-state index contributed by atoms with van der Waals surface area (Å²) in [6.07, 6.45) is 21.3. The van der Waals surface area contributed by atoms with E-state index in [4.69, 9.17) is 5.73 Å². The topological polar surface area (TPSA) is 26.0 Å². The fourth-order valence-electron chi connectivity index (χ4n) is 3.08. The minimum absolute atomic E-state index is 0.0659. The first-order valence-electron chi connectivity index (χ1n) is 10.6. The van der Waals surface area contributed by atoms with Crippen LogP contribution in [0.2, 0.25) is 0 Å². The third kappa shape index (κ3) is 13.0. The van der Waals surface area contributed by atoms with Crippen LogP contribution in [0.5, 0.6) is 0 Å². The van der Waals surface area contributed by atoms with E-state index >= 15 is 0 Å². The van der Waals surface area contributed by atoms with Gasteiger partial charge in [0, 0.05) is 5.54 Å². The standard InChI is InChI=1S/C22H47N/c1-6-7-8-9-10-11-12-13-14-15-16-17-18-19-20-21(2,3)22(4,5)23/h6-20,23H2,1-5H3. The van der Waals surface area contributed by atoms with Gasteiger partial charge in [0.15, 0.2) is 0 Å². The van der Waals surface area contributed by atoms with Gasteiger partial charge in [0.05, 0.1) is 0 Å². The van der Waals surface area contributed by atoms with Gasteiger partial charge in [0.2, 0.25) is 0 Å². The molecule has 0 atom stereocenters. The zero-order valence-electron chi connectivity index (χ0n) is 17.2. The Morgan fingerprint density at radius 1 is 0.522 bits per heavy atom. The van der Waals surface area contributed by atoms with Crippen molar-refractivity contribution in [2.24, 2.45) is 11.1 Å². The van der Waals surface area contributed by atoms with Crippen molar-refractivity contribution in [2.45, 2.75) is 136 Å². The van der Waals surface area contributed by atoms with Crippen molar-refractivity contribution in [1.29, 1.82) is 0 Å². The summed E-state index contributed by atoms with van der Waals surface area (Å²) >= 11 is 0. The Labute approximate surface area is 148 Å². The summed E-state index contributed by atoms with van der Waals surface area (Å²) < 4.78 is 0. The SMILES string of the molecule is CCCCCCCCCCCCCCCCC(C)(C)C(C)(C)N. The summed E-state index contributed by atoms with van der Waals surface area (Å²) in [5.74, 6) is 0. The summed E-state index contributed by atoms with van der Waals surface area (Å²) in [5, 5.41) is 0. The van der Waals surface area contributed by atoms with Crippen LogP contribution in [0, 0.1) is 5.41 Å². The van der Waals surface area contributed by atoms with Crippen LogP contribution < -0.4 is 5.73 Å². The first-order valence-corrected chi connectivity index (χ1v) is 10.6. The molecule has 0 aromatic carbocycles. The molecule has 1 nitrogen and oxygen atoms in total. The highest BCUT2D eigenvalue weighted by molar-refractivity contribution is 4.89. The molecule has 0 aliphatic heterocycles. The lowest BCUT2D eigenvalue weighted by molar-refractivity contribution is 0.180. The molecule has 0 fully saturated rings. The predicted molar refractivity (Wildman–Crippen MR) is 107 cm³/mol. The average Bonchev–Trinajstić information content (AvgIpc) is 2.46. The lowest BCUT2D eigenvalue weighted by Crippen LogP contribution is -2.47. The summed E-state index contributed by atoms with van der Waals surface area (Å²) in [6, 6.07) is 0. The number of hydrogen-bond donors (Lipinski definition) is 1. The van der Waals surface area contributed by atoms with Crippen LogP contribution in [0.3, 0.4) is 0 Å². The van der Waals surface area contributed by atoms with Crippen LogP contribution in [0.1, 0.15) is 131 Å². The van der Waals surface area contributed by atoms with E-state index < -0.39 is 0 Å². The van der Waals surface area contributed by atoms with Crippen molar-refractivity contribution in [2.75, 3.05) is 0 Å². The van der Waals surface area contributed by atoms with Crippen molar-refractivity contribution < 1.29 is 0 Å². The van der Waals surface area contributed by atoms with Crippen molar-refractivity contribution in [3.8, 4) is 0 Å². The second-order valence-corrected chi connectivity index (χ2v) is 8.95. The quantitative estimate of drug-likeness (QED) is 0.290. The summed E-state index contributed by atoms with van der Waals surface area (Å²) in [7, 11) is 0. The lowest BCUT2D eigenvalue weighted by atomic mass is 9.72. The number of nitrogens with two attached hydrogens (primary N) is 1. The largest absolute Gasteiger partial charge is 0.325 e. The van der Waals surface area contributed by atoms with Gasteiger partial charge in [-0.3, -0.25) is 0 Å². The van der Waals surface area contributed by atoms with Crippen LogP contribution in [-0.4, -0.2) is 5.54 Å². The van der Waals surface area contributed by atoms with E-state index in [1.807, 2.05) is 0 Å². The Morgan fingerprint density at radius 3 is 1.13 bits per heavy atom.